The summed E-state index contributed by atoms with van der Waals surface area (Å²) in [6.07, 6.45) is -4.49. The van der Waals surface area contributed by atoms with Gasteiger partial charge >= 0.3 is 18.2 Å². The van der Waals surface area contributed by atoms with Crippen molar-refractivity contribution in [3.8, 4) is 5.75 Å². The number of urea groups is 1. The van der Waals surface area contributed by atoms with Crippen LogP contribution in [0.15, 0.2) is 18.2 Å². The van der Waals surface area contributed by atoms with Gasteiger partial charge in [-0.1, -0.05) is 0 Å². The van der Waals surface area contributed by atoms with E-state index in [2.05, 4.69) is 5.32 Å². The van der Waals surface area contributed by atoms with E-state index < -0.39 is 55.0 Å². The Labute approximate surface area is 153 Å². The summed E-state index contributed by atoms with van der Waals surface area (Å²) in [7, 11) is 1.38. The van der Waals surface area contributed by atoms with Crippen LogP contribution in [0.3, 0.4) is 0 Å². The number of amides is 2. The van der Waals surface area contributed by atoms with Gasteiger partial charge in [0.15, 0.2) is 0 Å². The number of benzene rings is 1. The first-order valence-electron chi connectivity index (χ1n) is 8.19. The molecular formula is C17H20F4N2O4. The summed E-state index contributed by atoms with van der Waals surface area (Å²) in [5, 5.41) is 11.5. The average molecular weight is 392 g/mol. The molecule has 1 aliphatic heterocycles. The first-order valence-corrected chi connectivity index (χ1v) is 8.19. The molecule has 3 atom stereocenters. The number of carboxylic acid groups (broad SMARTS) is 1. The molecule has 1 aliphatic rings. The van der Waals surface area contributed by atoms with Gasteiger partial charge in [0.25, 0.3) is 0 Å². The van der Waals surface area contributed by atoms with E-state index >= 15 is 0 Å². The number of halogens is 4. The highest BCUT2D eigenvalue weighted by molar-refractivity contribution is 5.78. The van der Waals surface area contributed by atoms with Crippen molar-refractivity contribution in [1.82, 2.24) is 10.2 Å². The zero-order valence-corrected chi connectivity index (χ0v) is 14.7. The molecule has 1 aromatic carbocycles. The Morgan fingerprint density at radius 1 is 1.33 bits per heavy atom. The van der Waals surface area contributed by atoms with Gasteiger partial charge in [-0.2, -0.15) is 13.2 Å². The fraction of sp³-hybridized carbons (Fsp3) is 0.529. The third-order valence-corrected chi connectivity index (χ3v) is 4.42. The summed E-state index contributed by atoms with van der Waals surface area (Å²) in [5.74, 6) is -5.60. The number of nitrogens with zero attached hydrogens (tertiary/aromatic N) is 1. The molecule has 1 heterocycles. The Morgan fingerprint density at radius 2 is 2.00 bits per heavy atom. The molecule has 10 heteroatoms. The van der Waals surface area contributed by atoms with E-state index in [1.807, 2.05) is 0 Å². The molecule has 6 nitrogen and oxygen atoms in total. The van der Waals surface area contributed by atoms with E-state index in [4.69, 9.17) is 9.84 Å². The SMILES string of the molecule is COc1cc(F)cc(CC(C)NC(=O)N2C[C@@H](C(F)(F)F)[C@H](C(=O)O)C2)c1. The van der Waals surface area contributed by atoms with Crippen molar-refractivity contribution in [2.24, 2.45) is 11.8 Å². The summed E-state index contributed by atoms with van der Waals surface area (Å²) in [6.45, 7) is 0.375. The number of aliphatic carboxylic acids is 1. The maximum absolute atomic E-state index is 13.5. The zero-order valence-electron chi connectivity index (χ0n) is 14.7. The molecule has 1 saturated heterocycles. The van der Waals surface area contributed by atoms with Gasteiger partial charge in [0.2, 0.25) is 0 Å². The molecular weight excluding hydrogens is 372 g/mol. The standard InChI is InChI=1S/C17H20F4N2O4/c1-9(3-10-4-11(18)6-12(5-10)27-2)22-16(26)23-7-13(15(24)25)14(8-23)17(19,20)21/h4-6,9,13-14H,3,7-8H2,1-2H3,(H,22,26)(H,24,25)/t9?,13-,14-/m1/s1. The van der Waals surface area contributed by atoms with E-state index in [0.29, 0.717) is 11.3 Å². The van der Waals surface area contributed by atoms with E-state index in [0.717, 1.165) is 4.90 Å². The largest absolute Gasteiger partial charge is 0.497 e. The number of alkyl halides is 3. The third kappa shape index (κ3) is 5.24. The second-order valence-electron chi connectivity index (χ2n) is 6.55. The zero-order chi connectivity index (χ0) is 20.4. The number of ether oxygens (including phenoxy) is 1. The molecule has 0 aliphatic carbocycles. The average Bonchev–Trinajstić information content (AvgIpc) is 3.00. The van der Waals surface area contributed by atoms with E-state index in [1.54, 1.807) is 13.0 Å². The Balaban J connectivity index is 2.00. The minimum absolute atomic E-state index is 0.221. The lowest BCUT2D eigenvalue weighted by atomic mass is 9.96. The maximum atomic E-state index is 13.5. The van der Waals surface area contributed by atoms with Gasteiger partial charge in [-0.05, 0) is 31.0 Å². The predicted octanol–water partition coefficient (Wildman–Crippen LogP) is 2.67. The third-order valence-electron chi connectivity index (χ3n) is 4.42. The van der Waals surface area contributed by atoms with Crippen LogP contribution in [-0.4, -0.2) is 54.4 Å². The monoisotopic (exact) mass is 392 g/mol. The smallest absolute Gasteiger partial charge is 0.394 e. The van der Waals surface area contributed by atoms with Gasteiger partial charge in [0.1, 0.15) is 11.6 Å². The number of carboxylic acids is 1. The summed E-state index contributed by atoms with van der Waals surface area (Å²) in [4.78, 5) is 24.2. The molecule has 1 unspecified atom stereocenters. The lowest BCUT2D eigenvalue weighted by Crippen LogP contribution is -2.44. The number of hydrogen-bond acceptors (Lipinski definition) is 3. The quantitative estimate of drug-likeness (QED) is 0.756. The molecule has 0 spiro atoms. The van der Waals surface area contributed by atoms with E-state index in [9.17, 15) is 27.2 Å². The van der Waals surface area contributed by atoms with Crippen LogP contribution in [0.25, 0.3) is 0 Å². The minimum Gasteiger partial charge on any atom is -0.497 e. The fourth-order valence-electron chi connectivity index (χ4n) is 3.11. The molecule has 2 rings (SSSR count). The van der Waals surface area contributed by atoms with E-state index in [-0.39, 0.29) is 6.42 Å². The topological polar surface area (TPSA) is 78.9 Å². The van der Waals surface area contributed by atoms with Crippen LogP contribution in [-0.2, 0) is 11.2 Å². The van der Waals surface area contributed by atoms with Gasteiger partial charge in [-0.25, -0.2) is 9.18 Å². The van der Waals surface area contributed by atoms with Crippen LogP contribution in [0, 0.1) is 17.7 Å². The molecule has 27 heavy (non-hydrogen) atoms. The van der Waals surface area contributed by atoms with Crippen LogP contribution in [0.5, 0.6) is 5.75 Å². The Morgan fingerprint density at radius 3 is 2.52 bits per heavy atom. The lowest BCUT2D eigenvalue weighted by Gasteiger charge is -2.21. The molecule has 0 saturated carbocycles. The van der Waals surface area contributed by atoms with Gasteiger partial charge in [0.05, 0.1) is 18.9 Å². The number of carbonyl (C=O) groups excluding carboxylic acids is 1. The Bertz CT molecular complexity index is 711. The summed E-state index contributed by atoms with van der Waals surface area (Å²) in [6, 6.07) is 2.74. The van der Waals surface area contributed by atoms with Crippen LogP contribution < -0.4 is 10.1 Å². The highest BCUT2D eigenvalue weighted by Crippen LogP contribution is 2.37. The summed E-state index contributed by atoms with van der Waals surface area (Å²) >= 11 is 0. The first-order chi connectivity index (χ1) is 12.5. The number of likely N-dealkylation sites (tertiary alicyclic amines) is 1. The number of rotatable bonds is 5. The van der Waals surface area contributed by atoms with Crippen LogP contribution >= 0.6 is 0 Å². The van der Waals surface area contributed by atoms with Crippen molar-refractivity contribution in [2.75, 3.05) is 20.2 Å². The molecule has 150 valence electrons. The van der Waals surface area contributed by atoms with Gasteiger partial charge in [-0.3, -0.25) is 4.79 Å². The van der Waals surface area contributed by atoms with E-state index in [1.165, 1.54) is 19.2 Å². The highest BCUT2D eigenvalue weighted by atomic mass is 19.4. The number of nitrogens with one attached hydrogen (secondary N) is 1. The number of methoxy groups -OCH3 is 1. The van der Waals surface area contributed by atoms with Crippen molar-refractivity contribution < 1.29 is 37.0 Å². The molecule has 0 aromatic heterocycles. The normalized spacial score (nSPS) is 21.0. The molecule has 0 radical (unpaired) electrons. The molecule has 1 fully saturated rings. The first kappa shape index (κ1) is 20.8. The molecule has 0 bridgehead atoms. The van der Waals surface area contributed by atoms with Crippen molar-refractivity contribution in [3.63, 3.8) is 0 Å². The fourth-order valence-corrected chi connectivity index (χ4v) is 3.11. The predicted molar refractivity (Wildman–Crippen MR) is 86.9 cm³/mol. The molecule has 2 amide bonds. The minimum atomic E-state index is -4.71. The number of hydrogen-bond donors (Lipinski definition) is 2. The molecule has 1 aromatic rings. The lowest BCUT2D eigenvalue weighted by molar-refractivity contribution is -0.187. The summed E-state index contributed by atoms with van der Waals surface area (Å²) in [5.41, 5.74) is 0.539. The van der Waals surface area contributed by atoms with Gasteiger partial charge < -0.3 is 20.1 Å². The van der Waals surface area contributed by atoms with Gasteiger partial charge in [0, 0.05) is 25.2 Å². The van der Waals surface area contributed by atoms with Crippen molar-refractivity contribution >= 4 is 12.0 Å². The maximum Gasteiger partial charge on any atom is 0.394 e. The van der Waals surface area contributed by atoms with Crippen molar-refractivity contribution in [1.29, 1.82) is 0 Å². The highest BCUT2D eigenvalue weighted by Gasteiger charge is 2.53. The Hall–Kier alpha value is -2.52. The Kier molecular flexibility index (Phi) is 6.17. The second kappa shape index (κ2) is 8.01. The van der Waals surface area contributed by atoms with Crippen molar-refractivity contribution in [2.45, 2.75) is 25.6 Å². The van der Waals surface area contributed by atoms with Crippen LogP contribution in [0.1, 0.15) is 12.5 Å². The molecule has 2 N–H and O–H groups in total. The van der Waals surface area contributed by atoms with Crippen molar-refractivity contribution in [3.05, 3.63) is 29.6 Å². The van der Waals surface area contributed by atoms with Gasteiger partial charge in [-0.15, -0.1) is 0 Å². The number of carbonyl (C=O) groups is 2. The second-order valence-corrected chi connectivity index (χ2v) is 6.55. The summed E-state index contributed by atoms with van der Waals surface area (Å²) < 4.78 is 57.5. The van der Waals surface area contributed by atoms with Crippen LogP contribution in [0.2, 0.25) is 0 Å². The van der Waals surface area contributed by atoms with Crippen LogP contribution in [0.4, 0.5) is 22.4 Å².